The lowest BCUT2D eigenvalue weighted by molar-refractivity contribution is -0.147. The van der Waals surface area contributed by atoms with Crippen molar-refractivity contribution in [1.29, 1.82) is 0 Å². The molecule has 0 N–H and O–H groups in total. The average Bonchev–Trinajstić information content (AvgIpc) is 3.24. The van der Waals surface area contributed by atoms with Gasteiger partial charge in [0, 0.05) is 49.6 Å². The van der Waals surface area contributed by atoms with Gasteiger partial charge in [-0.25, -0.2) is 0 Å². The highest BCUT2D eigenvalue weighted by Gasteiger charge is 2.53. The summed E-state index contributed by atoms with van der Waals surface area (Å²) in [5, 5.41) is 4.11. The zero-order valence-electron chi connectivity index (χ0n) is 15.1. The second kappa shape index (κ2) is 6.77. The summed E-state index contributed by atoms with van der Waals surface area (Å²) in [6.45, 7) is 5.09. The lowest BCUT2D eigenvalue weighted by Gasteiger charge is -2.48. The van der Waals surface area contributed by atoms with E-state index in [0.29, 0.717) is 18.3 Å². The predicted octanol–water partition coefficient (Wildman–Crippen LogP) is 1.37. The Morgan fingerprint density at radius 3 is 2.85 bits per heavy atom. The highest BCUT2D eigenvalue weighted by Crippen LogP contribution is 2.47. The maximum absolute atomic E-state index is 12.1. The van der Waals surface area contributed by atoms with E-state index in [0.717, 1.165) is 31.6 Å². The van der Waals surface area contributed by atoms with Gasteiger partial charge in [0.2, 0.25) is 17.6 Å². The smallest absolute Gasteiger partial charge is 0.248 e. The number of amides is 1. The summed E-state index contributed by atoms with van der Waals surface area (Å²) in [7, 11) is 2.07. The molecular weight excluding hydrogens is 334 g/mol. The Morgan fingerprint density at radius 2 is 2.12 bits per heavy atom. The van der Waals surface area contributed by atoms with E-state index in [1.165, 1.54) is 0 Å². The monoisotopic (exact) mass is 357 g/mol. The van der Waals surface area contributed by atoms with Gasteiger partial charge in [0.1, 0.15) is 6.61 Å². The van der Waals surface area contributed by atoms with Crippen LogP contribution >= 0.6 is 0 Å². The molecule has 2 saturated heterocycles. The van der Waals surface area contributed by atoms with Gasteiger partial charge < -0.3 is 14.2 Å². The van der Waals surface area contributed by atoms with Gasteiger partial charge in [-0.05, 0) is 32.5 Å². The highest BCUT2D eigenvalue weighted by atomic mass is 16.5. The molecule has 138 valence electrons. The fraction of sp³-hybridized carbons (Fsp3) is 0.556. The number of nitrogens with zero attached hydrogens (tertiary/aromatic N) is 5. The van der Waals surface area contributed by atoms with Gasteiger partial charge in [-0.2, -0.15) is 4.98 Å². The van der Waals surface area contributed by atoms with Gasteiger partial charge in [-0.1, -0.05) is 5.16 Å². The van der Waals surface area contributed by atoms with Crippen LogP contribution in [0.4, 0.5) is 0 Å². The van der Waals surface area contributed by atoms with Crippen LogP contribution in [0, 0.1) is 5.41 Å². The fourth-order valence-electron chi connectivity index (χ4n) is 3.98. The summed E-state index contributed by atoms with van der Waals surface area (Å²) in [6.07, 6.45) is 4.34. The number of likely N-dealkylation sites (tertiary alicyclic amines) is 2. The minimum Gasteiger partial charge on any atom is -0.372 e. The normalized spacial score (nSPS) is 21.9. The molecule has 8 heteroatoms. The number of hydrogen-bond donors (Lipinski definition) is 0. The number of pyridine rings is 1. The van der Waals surface area contributed by atoms with Crippen molar-refractivity contribution in [1.82, 2.24) is 24.9 Å². The molecule has 0 aliphatic carbocycles. The average molecular weight is 357 g/mol. The third-order valence-corrected chi connectivity index (χ3v) is 5.24. The van der Waals surface area contributed by atoms with E-state index in [1.807, 2.05) is 24.0 Å². The molecule has 0 saturated carbocycles. The van der Waals surface area contributed by atoms with Crippen molar-refractivity contribution in [3.63, 3.8) is 0 Å². The Labute approximate surface area is 152 Å². The Hall–Kier alpha value is -2.32. The number of carbonyl (C=O) groups excluding carboxylic acids is 1. The van der Waals surface area contributed by atoms with E-state index in [4.69, 9.17) is 9.26 Å². The maximum atomic E-state index is 12.1. The molecule has 0 aromatic carbocycles. The van der Waals surface area contributed by atoms with Gasteiger partial charge in [-0.15, -0.1) is 0 Å². The summed E-state index contributed by atoms with van der Waals surface area (Å²) in [5.74, 6) is 1.29. The Kier molecular flexibility index (Phi) is 4.46. The Bertz CT molecular complexity index is 772. The first kappa shape index (κ1) is 17.1. The second-order valence-electron chi connectivity index (χ2n) is 7.21. The highest BCUT2D eigenvalue weighted by molar-refractivity contribution is 5.78. The van der Waals surface area contributed by atoms with Crippen LogP contribution in [0.3, 0.4) is 0 Å². The lowest BCUT2D eigenvalue weighted by atomic mass is 9.77. The van der Waals surface area contributed by atoms with E-state index in [2.05, 4.69) is 27.1 Å². The SMILES string of the molecule is CCOCC(=O)N1CC2(CC(c3nc(-c4ccncc4)no3)N(C)C2)C1. The number of hydrogen-bond acceptors (Lipinski definition) is 7. The summed E-state index contributed by atoms with van der Waals surface area (Å²) >= 11 is 0. The number of carbonyl (C=O) groups is 1. The van der Waals surface area contributed by atoms with Crippen LogP contribution in [-0.4, -0.2) is 70.7 Å². The second-order valence-corrected chi connectivity index (χ2v) is 7.21. The molecule has 1 unspecified atom stereocenters. The van der Waals surface area contributed by atoms with Crippen LogP contribution in [-0.2, 0) is 9.53 Å². The summed E-state index contributed by atoms with van der Waals surface area (Å²) in [5.41, 5.74) is 1.01. The van der Waals surface area contributed by atoms with Crippen molar-refractivity contribution in [3.05, 3.63) is 30.4 Å². The van der Waals surface area contributed by atoms with E-state index >= 15 is 0 Å². The molecule has 1 amide bonds. The third-order valence-electron chi connectivity index (χ3n) is 5.24. The van der Waals surface area contributed by atoms with Crippen LogP contribution < -0.4 is 0 Å². The van der Waals surface area contributed by atoms with Crippen molar-refractivity contribution in [2.45, 2.75) is 19.4 Å². The van der Waals surface area contributed by atoms with Crippen molar-refractivity contribution in [2.24, 2.45) is 5.41 Å². The van der Waals surface area contributed by atoms with Crippen molar-refractivity contribution in [2.75, 3.05) is 39.9 Å². The van der Waals surface area contributed by atoms with Gasteiger partial charge in [-0.3, -0.25) is 14.7 Å². The summed E-state index contributed by atoms with van der Waals surface area (Å²) in [6, 6.07) is 3.81. The molecule has 2 aromatic heterocycles. The zero-order valence-corrected chi connectivity index (χ0v) is 15.1. The molecule has 4 heterocycles. The minimum atomic E-state index is 0.0707. The van der Waals surface area contributed by atoms with Crippen LogP contribution in [0.1, 0.15) is 25.3 Å². The van der Waals surface area contributed by atoms with Crippen LogP contribution in [0.25, 0.3) is 11.4 Å². The Balaban J connectivity index is 1.41. The lowest BCUT2D eigenvalue weighted by Crippen LogP contribution is -2.60. The first-order chi connectivity index (χ1) is 12.6. The molecule has 1 atom stereocenters. The summed E-state index contributed by atoms with van der Waals surface area (Å²) < 4.78 is 10.8. The minimum absolute atomic E-state index is 0.0707. The fourth-order valence-corrected chi connectivity index (χ4v) is 3.98. The van der Waals surface area contributed by atoms with E-state index in [9.17, 15) is 4.79 Å². The zero-order chi connectivity index (χ0) is 18.1. The number of rotatable bonds is 5. The maximum Gasteiger partial charge on any atom is 0.248 e. The van der Waals surface area contributed by atoms with Crippen molar-refractivity contribution >= 4 is 5.91 Å². The van der Waals surface area contributed by atoms with Crippen molar-refractivity contribution in [3.8, 4) is 11.4 Å². The molecular formula is C18H23N5O3. The number of ether oxygens (including phenoxy) is 1. The quantitative estimate of drug-likeness (QED) is 0.799. The topological polar surface area (TPSA) is 84.6 Å². The molecule has 2 aromatic rings. The molecule has 2 aliphatic rings. The predicted molar refractivity (Wildman–Crippen MR) is 93.0 cm³/mol. The van der Waals surface area contributed by atoms with E-state index in [1.54, 1.807) is 12.4 Å². The third kappa shape index (κ3) is 3.10. The first-order valence-corrected chi connectivity index (χ1v) is 8.90. The molecule has 4 rings (SSSR count). The molecule has 26 heavy (non-hydrogen) atoms. The molecule has 8 nitrogen and oxygen atoms in total. The van der Waals surface area contributed by atoms with Crippen LogP contribution in [0.5, 0.6) is 0 Å². The Morgan fingerprint density at radius 1 is 1.35 bits per heavy atom. The molecule has 0 bridgehead atoms. The molecule has 1 spiro atoms. The standard InChI is InChI=1S/C18H23N5O3/c1-3-25-9-15(24)23-11-18(12-23)8-14(22(2)10-18)17-20-16(21-26-17)13-4-6-19-7-5-13/h4-7,14H,3,8-12H2,1-2H3. The molecule has 2 fully saturated rings. The largest absolute Gasteiger partial charge is 0.372 e. The van der Waals surface area contributed by atoms with Crippen LogP contribution in [0.15, 0.2) is 29.0 Å². The van der Waals surface area contributed by atoms with E-state index in [-0.39, 0.29) is 24.0 Å². The van der Waals surface area contributed by atoms with Gasteiger partial charge >= 0.3 is 0 Å². The first-order valence-electron chi connectivity index (χ1n) is 8.90. The number of aromatic nitrogens is 3. The summed E-state index contributed by atoms with van der Waals surface area (Å²) in [4.78, 5) is 24.8. The van der Waals surface area contributed by atoms with Crippen molar-refractivity contribution < 1.29 is 14.1 Å². The van der Waals surface area contributed by atoms with Gasteiger partial charge in [0.05, 0.1) is 6.04 Å². The van der Waals surface area contributed by atoms with Gasteiger partial charge in [0.25, 0.3) is 0 Å². The van der Waals surface area contributed by atoms with E-state index < -0.39 is 0 Å². The molecule has 2 aliphatic heterocycles. The van der Waals surface area contributed by atoms with Gasteiger partial charge in [0.15, 0.2) is 0 Å². The molecule has 0 radical (unpaired) electrons. The van der Waals surface area contributed by atoms with Crippen LogP contribution in [0.2, 0.25) is 0 Å².